The molecule has 20 heavy (non-hydrogen) atoms. The van der Waals surface area contributed by atoms with Gasteiger partial charge in [0.1, 0.15) is 11.3 Å². The van der Waals surface area contributed by atoms with Gasteiger partial charge in [0.2, 0.25) is 0 Å². The van der Waals surface area contributed by atoms with Crippen LogP contribution in [0.4, 0.5) is 0 Å². The van der Waals surface area contributed by atoms with E-state index in [0.717, 1.165) is 33.5 Å². The molecule has 0 unspecified atom stereocenters. The molecule has 0 N–H and O–H groups in total. The van der Waals surface area contributed by atoms with Crippen molar-refractivity contribution in [3.8, 4) is 11.1 Å². The van der Waals surface area contributed by atoms with Gasteiger partial charge in [0.05, 0.1) is 17.2 Å². The number of hydrogen-bond donors (Lipinski definition) is 0. The molecule has 0 bridgehead atoms. The molecule has 4 rings (SSSR count). The van der Waals surface area contributed by atoms with Crippen molar-refractivity contribution in [1.82, 2.24) is 29.6 Å². The third-order valence-corrected chi connectivity index (χ3v) is 3.45. The zero-order valence-corrected chi connectivity index (χ0v) is 11.1. The summed E-state index contributed by atoms with van der Waals surface area (Å²) in [6.07, 6.45) is 3.80. The first-order valence-corrected chi connectivity index (χ1v) is 6.33. The molecule has 0 aliphatic carbocycles. The molecular weight excluding hydrogens is 252 g/mol. The fourth-order valence-corrected chi connectivity index (χ4v) is 2.43. The Morgan fingerprint density at radius 3 is 2.90 bits per heavy atom. The van der Waals surface area contributed by atoms with Gasteiger partial charge in [-0.05, 0) is 30.7 Å². The van der Waals surface area contributed by atoms with Gasteiger partial charge in [0, 0.05) is 18.8 Å². The fourth-order valence-electron chi connectivity index (χ4n) is 2.43. The van der Waals surface area contributed by atoms with E-state index in [1.165, 1.54) is 0 Å². The summed E-state index contributed by atoms with van der Waals surface area (Å²) in [6, 6.07) is 8.17. The normalized spacial score (nSPS) is 11.5. The summed E-state index contributed by atoms with van der Waals surface area (Å²) in [6.45, 7) is 1.88. The molecule has 0 aliphatic rings. The minimum Gasteiger partial charge on any atom is -0.248 e. The SMILES string of the molecule is Cc1ncc2c(-c3ccc4nnn(C)c4c3)ccn2n1. The van der Waals surface area contributed by atoms with E-state index in [9.17, 15) is 0 Å². The van der Waals surface area contributed by atoms with Crippen molar-refractivity contribution in [3.05, 3.63) is 42.5 Å². The molecular formula is C14H12N6. The van der Waals surface area contributed by atoms with E-state index < -0.39 is 0 Å². The highest BCUT2D eigenvalue weighted by molar-refractivity contribution is 5.87. The minimum absolute atomic E-state index is 0.755. The van der Waals surface area contributed by atoms with Crippen LogP contribution in [0.2, 0.25) is 0 Å². The average Bonchev–Trinajstić information content (AvgIpc) is 3.02. The summed E-state index contributed by atoms with van der Waals surface area (Å²) in [4.78, 5) is 4.27. The average molecular weight is 264 g/mol. The van der Waals surface area contributed by atoms with Gasteiger partial charge in [-0.3, -0.25) is 0 Å². The van der Waals surface area contributed by atoms with E-state index in [1.54, 1.807) is 4.68 Å². The second-order valence-electron chi connectivity index (χ2n) is 4.78. The van der Waals surface area contributed by atoms with E-state index in [-0.39, 0.29) is 0 Å². The molecule has 0 aliphatic heterocycles. The first-order chi connectivity index (χ1) is 9.72. The number of hydrogen-bond acceptors (Lipinski definition) is 4. The Kier molecular flexibility index (Phi) is 2.14. The summed E-state index contributed by atoms with van der Waals surface area (Å²) in [7, 11) is 1.89. The Labute approximate surface area is 114 Å². The van der Waals surface area contributed by atoms with E-state index in [4.69, 9.17) is 0 Å². The Morgan fingerprint density at radius 1 is 1.10 bits per heavy atom. The summed E-state index contributed by atoms with van der Waals surface area (Å²) < 4.78 is 3.63. The van der Waals surface area contributed by atoms with Crippen LogP contribution in [0.15, 0.2) is 36.7 Å². The molecule has 98 valence electrons. The van der Waals surface area contributed by atoms with E-state index >= 15 is 0 Å². The van der Waals surface area contributed by atoms with Crippen LogP contribution in [0.25, 0.3) is 27.7 Å². The molecule has 0 amide bonds. The van der Waals surface area contributed by atoms with Crippen LogP contribution in [0, 0.1) is 6.92 Å². The lowest BCUT2D eigenvalue weighted by molar-refractivity contribution is 0.736. The number of rotatable bonds is 1. The standard InChI is InChI=1S/C14H12N6/c1-9-15-8-14-11(5-6-20(14)17-9)10-3-4-12-13(7-10)19(2)18-16-12/h3-8H,1-2H3. The lowest BCUT2D eigenvalue weighted by Crippen LogP contribution is -1.95. The Balaban J connectivity index is 1.98. The van der Waals surface area contributed by atoms with Gasteiger partial charge < -0.3 is 0 Å². The topological polar surface area (TPSA) is 60.9 Å². The summed E-state index contributed by atoms with van der Waals surface area (Å²) in [5, 5.41) is 12.5. The Bertz CT molecular complexity index is 933. The predicted octanol–water partition coefficient (Wildman–Crippen LogP) is 1.99. The molecule has 0 spiro atoms. The maximum atomic E-state index is 4.37. The van der Waals surface area contributed by atoms with Crippen LogP contribution in [-0.2, 0) is 7.05 Å². The third kappa shape index (κ3) is 1.51. The molecule has 6 nitrogen and oxygen atoms in total. The summed E-state index contributed by atoms with van der Waals surface area (Å²) in [5.74, 6) is 0.755. The van der Waals surface area contributed by atoms with Crippen LogP contribution in [0.3, 0.4) is 0 Å². The highest BCUT2D eigenvalue weighted by Crippen LogP contribution is 2.27. The smallest absolute Gasteiger partial charge is 0.146 e. The van der Waals surface area contributed by atoms with Crippen molar-refractivity contribution in [2.75, 3.05) is 0 Å². The Hall–Kier alpha value is -2.76. The number of aromatic nitrogens is 6. The van der Waals surface area contributed by atoms with Crippen molar-refractivity contribution < 1.29 is 0 Å². The maximum absolute atomic E-state index is 4.37. The maximum Gasteiger partial charge on any atom is 0.146 e. The monoisotopic (exact) mass is 264 g/mol. The van der Waals surface area contributed by atoms with E-state index in [2.05, 4.69) is 32.5 Å². The van der Waals surface area contributed by atoms with Crippen LogP contribution < -0.4 is 0 Å². The van der Waals surface area contributed by atoms with Gasteiger partial charge in [-0.2, -0.15) is 5.10 Å². The first kappa shape index (κ1) is 11.1. The van der Waals surface area contributed by atoms with Crippen molar-refractivity contribution in [1.29, 1.82) is 0 Å². The molecule has 0 atom stereocenters. The quantitative estimate of drug-likeness (QED) is 0.527. The third-order valence-electron chi connectivity index (χ3n) is 3.45. The van der Waals surface area contributed by atoms with Crippen LogP contribution in [0.1, 0.15) is 5.82 Å². The van der Waals surface area contributed by atoms with Gasteiger partial charge in [0.25, 0.3) is 0 Å². The van der Waals surface area contributed by atoms with Crippen molar-refractivity contribution in [2.45, 2.75) is 6.92 Å². The molecule has 3 heterocycles. The molecule has 6 heteroatoms. The predicted molar refractivity (Wildman–Crippen MR) is 75.2 cm³/mol. The van der Waals surface area contributed by atoms with Gasteiger partial charge >= 0.3 is 0 Å². The number of benzene rings is 1. The van der Waals surface area contributed by atoms with Gasteiger partial charge in [-0.25, -0.2) is 14.2 Å². The largest absolute Gasteiger partial charge is 0.248 e. The van der Waals surface area contributed by atoms with Gasteiger partial charge in [0.15, 0.2) is 0 Å². The lowest BCUT2D eigenvalue weighted by Gasteiger charge is -2.01. The second kappa shape index (κ2) is 3.86. The molecule has 0 saturated heterocycles. The van der Waals surface area contributed by atoms with Crippen molar-refractivity contribution in [3.63, 3.8) is 0 Å². The fraction of sp³-hybridized carbons (Fsp3) is 0.143. The molecule has 1 aromatic carbocycles. The van der Waals surface area contributed by atoms with Crippen LogP contribution in [-0.4, -0.2) is 29.6 Å². The highest BCUT2D eigenvalue weighted by atomic mass is 15.4. The number of aryl methyl sites for hydroxylation is 2. The van der Waals surface area contributed by atoms with Gasteiger partial charge in [-0.15, -0.1) is 5.10 Å². The lowest BCUT2D eigenvalue weighted by atomic mass is 10.1. The van der Waals surface area contributed by atoms with Crippen LogP contribution in [0.5, 0.6) is 0 Å². The molecule has 0 saturated carbocycles. The van der Waals surface area contributed by atoms with E-state index in [0.29, 0.717) is 0 Å². The van der Waals surface area contributed by atoms with Gasteiger partial charge in [-0.1, -0.05) is 11.3 Å². The zero-order valence-electron chi connectivity index (χ0n) is 11.1. The summed E-state index contributed by atoms with van der Waals surface area (Å²) in [5.41, 5.74) is 5.11. The second-order valence-corrected chi connectivity index (χ2v) is 4.78. The van der Waals surface area contributed by atoms with Crippen molar-refractivity contribution >= 4 is 16.6 Å². The van der Waals surface area contributed by atoms with Crippen LogP contribution >= 0.6 is 0 Å². The Morgan fingerprint density at radius 2 is 2.00 bits per heavy atom. The molecule has 0 radical (unpaired) electrons. The molecule has 3 aromatic heterocycles. The summed E-state index contributed by atoms with van der Waals surface area (Å²) >= 11 is 0. The zero-order chi connectivity index (χ0) is 13.7. The minimum atomic E-state index is 0.755. The van der Waals surface area contributed by atoms with Crippen molar-refractivity contribution in [2.24, 2.45) is 7.05 Å². The first-order valence-electron chi connectivity index (χ1n) is 6.33. The number of fused-ring (bicyclic) bond motifs is 2. The highest BCUT2D eigenvalue weighted by Gasteiger charge is 2.09. The molecule has 0 fully saturated rings. The van der Waals surface area contributed by atoms with E-state index in [1.807, 2.05) is 43.0 Å². The molecule has 4 aromatic rings. The number of nitrogens with zero attached hydrogens (tertiary/aromatic N) is 6.